The summed E-state index contributed by atoms with van der Waals surface area (Å²) in [5.41, 5.74) is 6.32. The molecule has 0 N–H and O–H groups in total. The lowest BCUT2D eigenvalue weighted by molar-refractivity contribution is 0.0985. The number of amides is 1. The van der Waals surface area contributed by atoms with Crippen LogP contribution in [0.25, 0.3) is 21.3 Å². The number of aromatic nitrogens is 4. The maximum Gasteiger partial charge on any atom is 0.260 e. The van der Waals surface area contributed by atoms with Crippen molar-refractivity contribution in [1.29, 1.82) is 0 Å². The van der Waals surface area contributed by atoms with Crippen LogP contribution in [0.2, 0.25) is 5.15 Å². The molecule has 3 heterocycles. The van der Waals surface area contributed by atoms with Gasteiger partial charge in [-0.15, -0.1) is 11.3 Å². The van der Waals surface area contributed by atoms with Gasteiger partial charge in [-0.05, 0) is 42.0 Å². The zero-order valence-corrected chi connectivity index (χ0v) is 17.1. The monoisotopic (exact) mass is 431 g/mol. The van der Waals surface area contributed by atoms with Crippen molar-refractivity contribution in [3.63, 3.8) is 0 Å². The molecule has 30 heavy (non-hydrogen) atoms. The number of carbonyl (C=O) groups excluding carboxylic acids is 1. The Morgan fingerprint density at radius 2 is 1.93 bits per heavy atom. The number of rotatable bonds is 4. The van der Waals surface area contributed by atoms with E-state index in [9.17, 15) is 4.79 Å². The zero-order chi connectivity index (χ0) is 20.5. The molecule has 0 fully saturated rings. The maximum absolute atomic E-state index is 13.5. The number of anilines is 1. The van der Waals surface area contributed by atoms with E-state index in [1.807, 2.05) is 36.4 Å². The molecule has 0 aliphatic carbocycles. The van der Waals surface area contributed by atoms with Gasteiger partial charge in [0.25, 0.3) is 5.91 Å². The smallest absolute Gasteiger partial charge is 0.260 e. The predicted octanol–water partition coefficient (Wildman–Crippen LogP) is 5.13. The SMILES string of the molecule is O=C(c1cccnc1)N(Cc1ccc2ncc(Cl)nc2c1)c1cccc2ncsc12. The number of fused-ring (bicyclic) bond motifs is 2. The Kier molecular flexibility index (Phi) is 4.82. The number of benzene rings is 2. The summed E-state index contributed by atoms with van der Waals surface area (Å²) in [5.74, 6) is -0.138. The van der Waals surface area contributed by atoms with Crippen molar-refractivity contribution in [2.75, 3.05) is 4.90 Å². The van der Waals surface area contributed by atoms with E-state index in [1.54, 1.807) is 34.9 Å². The van der Waals surface area contributed by atoms with Crippen LogP contribution in [0.3, 0.4) is 0 Å². The predicted molar refractivity (Wildman–Crippen MR) is 119 cm³/mol. The molecule has 0 spiro atoms. The van der Waals surface area contributed by atoms with E-state index in [2.05, 4.69) is 19.9 Å². The summed E-state index contributed by atoms with van der Waals surface area (Å²) in [6.45, 7) is 0.356. The summed E-state index contributed by atoms with van der Waals surface area (Å²) >= 11 is 7.51. The highest BCUT2D eigenvalue weighted by Crippen LogP contribution is 2.32. The lowest BCUT2D eigenvalue weighted by atomic mass is 10.1. The van der Waals surface area contributed by atoms with Gasteiger partial charge in [-0.2, -0.15) is 0 Å². The summed E-state index contributed by atoms with van der Waals surface area (Å²) in [7, 11) is 0. The van der Waals surface area contributed by atoms with Crippen LogP contribution in [0.4, 0.5) is 5.69 Å². The van der Waals surface area contributed by atoms with E-state index in [0.29, 0.717) is 22.8 Å². The van der Waals surface area contributed by atoms with Gasteiger partial charge in [0, 0.05) is 12.4 Å². The van der Waals surface area contributed by atoms with Crippen molar-refractivity contribution >= 4 is 55.8 Å². The number of pyridine rings is 1. The first-order valence-electron chi connectivity index (χ1n) is 9.14. The number of hydrogen-bond donors (Lipinski definition) is 0. The largest absolute Gasteiger partial charge is 0.302 e. The summed E-state index contributed by atoms with van der Waals surface area (Å²) in [6.07, 6.45) is 4.75. The summed E-state index contributed by atoms with van der Waals surface area (Å²) in [4.78, 5) is 32.3. The Morgan fingerprint density at radius 1 is 1.00 bits per heavy atom. The van der Waals surface area contributed by atoms with Crippen molar-refractivity contribution < 1.29 is 4.79 Å². The Morgan fingerprint density at radius 3 is 2.80 bits per heavy atom. The molecule has 5 aromatic rings. The maximum atomic E-state index is 13.5. The molecule has 8 heteroatoms. The van der Waals surface area contributed by atoms with E-state index in [0.717, 1.165) is 27.0 Å². The molecule has 2 aromatic carbocycles. The van der Waals surface area contributed by atoms with Crippen LogP contribution < -0.4 is 4.90 Å². The number of halogens is 1. The molecule has 0 saturated carbocycles. The van der Waals surface area contributed by atoms with Crippen molar-refractivity contribution in [2.45, 2.75) is 6.54 Å². The van der Waals surface area contributed by atoms with Crippen LogP contribution >= 0.6 is 22.9 Å². The van der Waals surface area contributed by atoms with Crippen LogP contribution in [0.15, 0.2) is 72.6 Å². The number of thiazole rings is 1. The number of hydrogen-bond acceptors (Lipinski definition) is 6. The van der Waals surface area contributed by atoms with Crippen molar-refractivity contribution in [3.8, 4) is 0 Å². The molecule has 0 unspecified atom stereocenters. The second kappa shape index (κ2) is 7.78. The van der Waals surface area contributed by atoms with Gasteiger partial charge in [-0.1, -0.05) is 23.7 Å². The Labute approximate surface area is 180 Å². The second-order valence-corrected chi connectivity index (χ2v) is 7.87. The molecule has 5 rings (SSSR count). The minimum absolute atomic E-state index is 0.138. The third kappa shape index (κ3) is 3.49. The van der Waals surface area contributed by atoms with Gasteiger partial charge in [0.05, 0.1) is 50.8 Å². The minimum atomic E-state index is -0.138. The molecule has 6 nitrogen and oxygen atoms in total. The molecule has 146 valence electrons. The van der Waals surface area contributed by atoms with E-state index in [-0.39, 0.29) is 5.91 Å². The first-order valence-corrected chi connectivity index (χ1v) is 10.4. The van der Waals surface area contributed by atoms with Gasteiger partial charge >= 0.3 is 0 Å². The van der Waals surface area contributed by atoms with E-state index < -0.39 is 0 Å². The van der Waals surface area contributed by atoms with Gasteiger partial charge < -0.3 is 4.90 Å². The number of carbonyl (C=O) groups is 1. The third-order valence-corrected chi connectivity index (χ3v) is 5.75. The van der Waals surface area contributed by atoms with Crippen molar-refractivity contribution in [3.05, 3.63) is 88.9 Å². The molecular weight excluding hydrogens is 418 g/mol. The van der Waals surface area contributed by atoms with Crippen LogP contribution in [0, 0.1) is 0 Å². The summed E-state index contributed by atoms with van der Waals surface area (Å²) in [5, 5.41) is 0.331. The fourth-order valence-corrected chi connectivity index (χ4v) is 4.26. The van der Waals surface area contributed by atoms with Crippen molar-refractivity contribution in [1.82, 2.24) is 19.9 Å². The van der Waals surface area contributed by atoms with E-state index >= 15 is 0 Å². The summed E-state index contributed by atoms with van der Waals surface area (Å²) in [6, 6.07) is 15.0. The molecule has 1 amide bonds. The second-order valence-electron chi connectivity index (χ2n) is 6.63. The van der Waals surface area contributed by atoms with Gasteiger partial charge in [-0.25, -0.2) is 9.97 Å². The van der Waals surface area contributed by atoms with Gasteiger partial charge in [-0.3, -0.25) is 14.8 Å². The van der Waals surface area contributed by atoms with Crippen LogP contribution in [-0.2, 0) is 6.54 Å². The van der Waals surface area contributed by atoms with E-state index in [1.165, 1.54) is 17.5 Å². The van der Waals surface area contributed by atoms with Crippen molar-refractivity contribution in [2.24, 2.45) is 0 Å². The lowest BCUT2D eigenvalue weighted by Crippen LogP contribution is -2.30. The standard InChI is InChI=1S/C22H14ClN5OS/c23-20-11-25-16-7-6-14(9-18(16)27-20)12-28(22(29)15-3-2-8-24-10-15)19-5-1-4-17-21(19)30-13-26-17/h1-11,13H,12H2. The Hall–Kier alpha value is -3.42. The molecule has 0 aliphatic rings. The average molecular weight is 432 g/mol. The van der Waals surface area contributed by atoms with Gasteiger partial charge in [0.1, 0.15) is 5.15 Å². The quantitative estimate of drug-likeness (QED) is 0.394. The molecule has 0 aliphatic heterocycles. The van der Waals surface area contributed by atoms with E-state index in [4.69, 9.17) is 11.6 Å². The van der Waals surface area contributed by atoms with Crippen LogP contribution in [0.5, 0.6) is 0 Å². The molecular formula is C22H14ClN5OS. The first kappa shape index (κ1) is 18.6. The third-order valence-electron chi connectivity index (χ3n) is 4.70. The normalized spacial score (nSPS) is 11.1. The Bertz CT molecular complexity index is 1370. The highest BCUT2D eigenvalue weighted by molar-refractivity contribution is 7.17. The van der Waals surface area contributed by atoms with Gasteiger partial charge in [0.15, 0.2) is 0 Å². The fraction of sp³-hybridized carbons (Fsp3) is 0.0455. The molecule has 0 bridgehead atoms. The zero-order valence-electron chi connectivity index (χ0n) is 15.6. The molecule has 0 atom stereocenters. The van der Waals surface area contributed by atoms with Gasteiger partial charge in [0.2, 0.25) is 0 Å². The Balaban J connectivity index is 1.61. The molecule has 3 aromatic heterocycles. The molecule has 0 radical (unpaired) electrons. The highest BCUT2D eigenvalue weighted by atomic mass is 35.5. The topological polar surface area (TPSA) is 71.9 Å². The fourth-order valence-electron chi connectivity index (χ4n) is 3.31. The average Bonchev–Trinajstić information content (AvgIpc) is 3.26. The summed E-state index contributed by atoms with van der Waals surface area (Å²) < 4.78 is 0.957. The van der Waals surface area contributed by atoms with Crippen LogP contribution in [0.1, 0.15) is 15.9 Å². The molecule has 0 saturated heterocycles. The lowest BCUT2D eigenvalue weighted by Gasteiger charge is -2.23. The number of nitrogens with zero attached hydrogens (tertiary/aromatic N) is 5. The first-order chi connectivity index (χ1) is 14.7. The minimum Gasteiger partial charge on any atom is -0.302 e. The van der Waals surface area contributed by atoms with Crippen LogP contribution in [-0.4, -0.2) is 25.8 Å². The highest BCUT2D eigenvalue weighted by Gasteiger charge is 2.21.